The third kappa shape index (κ3) is 3.85. The van der Waals surface area contributed by atoms with Crippen molar-refractivity contribution in [2.24, 2.45) is 0 Å². The van der Waals surface area contributed by atoms with Gasteiger partial charge in [0.25, 0.3) is 0 Å². The highest BCUT2D eigenvalue weighted by atomic mass is 32.1. The molecule has 0 spiro atoms. The molecule has 2 rings (SSSR count). The van der Waals surface area contributed by atoms with Gasteiger partial charge in [0.05, 0.1) is 6.54 Å². The maximum Gasteiger partial charge on any atom is 0.315 e. The minimum absolute atomic E-state index is 0.257. The Morgan fingerprint density at radius 1 is 1.17 bits per heavy atom. The highest BCUT2D eigenvalue weighted by Crippen LogP contribution is 2.07. The first-order valence-electron chi connectivity index (χ1n) is 5.52. The van der Waals surface area contributed by atoms with Gasteiger partial charge in [-0.15, -0.1) is 11.3 Å². The summed E-state index contributed by atoms with van der Waals surface area (Å²) in [5, 5.41) is 7.37. The summed E-state index contributed by atoms with van der Waals surface area (Å²) in [6.07, 6.45) is 0. The Bertz CT molecular complexity index is 513. The van der Waals surface area contributed by atoms with E-state index < -0.39 is 0 Å². The molecule has 1 aromatic heterocycles. The van der Waals surface area contributed by atoms with E-state index in [-0.39, 0.29) is 11.8 Å². The van der Waals surface area contributed by atoms with Gasteiger partial charge in [0.1, 0.15) is 5.82 Å². The Morgan fingerprint density at radius 3 is 2.72 bits per heavy atom. The molecule has 5 heteroatoms. The fourth-order valence-electron chi connectivity index (χ4n) is 1.47. The molecule has 0 unspecified atom stereocenters. The lowest BCUT2D eigenvalue weighted by Crippen LogP contribution is -2.34. The minimum Gasteiger partial charge on any atom is -0.334 e. The average molecular weight is 264 g/mol. The van der Waals surface area contributed by atoms with Gasteiger partial charge in [-0.2, -0.15) is 0 Å². The predicted molar refractivity (Wildman–Crippen MR) is 69.8 cm³/mol. The summed E-state index contributed by atoms with van der Waals surface area (Å²) in [5.41, 5.74) is 0.737. The van der Waals surface area contributed by atoms with Gasteiger partial charge in [0, 0.05) is 11.4 Å². The number of benzene rings is 1. The number of carbonyl (C=O) groups is 1. The smallest absolute Gasteiger partial charge is 0.315 e. The van der Waals surface area contributed by atoms with Crippen LogP contribution < -0.4 is 10.6 Å². The molecule has 0 saturated carbocycles. The monoisotopic (exact) mass is 264 g/mol. The van der Waals surface area contributed by atoms with Crippen LogP contribution in [-0.2, 0) is 13.1 Å². The Hall–Kier alpha value is -1.88. The van der Waals surface area contributed by atoms with Crippen LogP contribution in [0.5, 0.6) is 0 Å². The van der Waals surface area contributed by atoms with Crippen LogP contribution in [0.3, 0.4) is 0 Å². The Balaban J connectivity index is 1.75. The van der Waals surface area contributed by atoms with Crippen LogP contribution in [0.4, 0.5) is 9.18 Å². The number of hydrogen-bond donors (Lipinski definition) is 2. The molecular weight excluding hydrogens is 251 g/mol. The van der Waals surface area contributed by atoms with Crippen molar-refractivity contribution in [3.8, 4) is 0 Å². The van der Waals surface area contributed by atoms with Crippen molar-refractivity contribution >= 4 is 17.4 Å². The van der Waals surface area contributed by atoms with Crippen molar-refractivity contribution in [3.05, 3.63) is 58.0 Å². The summed E-state index contributed by atoms with van der Waals surface area (Å²) < 4.78 is 12.9. The van der Waals surface area contributed by atoms with Crippen molar-refractivity contribution < 1.29 is 9.18 Å². The van der Waals surface area contributed by atoms with Crippen LogP contribution >= 0.6 is 11.3 Å². The molecule has 0 radical (unpaired) electrons. The molecule has 0 saturated heterocycles. The summed E-state index contributed by atoms with van der Waals surface area (Å²) in [4.78, 5) is 12.6. The van der Waals surface area contributed by atoms with Gasteiger partial charge in [-0.05, 0) is 29.1 Å². The van der Waals surface area contributed by atoms with E-state index in [1.807, 2.05) is 17.5 Å². The number of amides is 2. The Labute approximate surface area is 109 Å². The van der Waals surface area contributed by atoms with Crippen molar-refractivity contribution in [2.75, 3.05) is 0 Å². The first-order chi connectivity index (χ1) is 8.74. The first-order valence-corrected chi connectivity index (χ1v) is 6.40. The quantitative estimate of drug-likeness (QED) is 0.876. The van der Waals surface area contributed by atoms with Crippen LogP contribution in [-0.4, -0.2) is 6.03 Å². The van der Waals surface area contributed by atoms with E-state index in [1.54, 1.807) is 23.5 Å². The molecular formula is C13H13FN2OS. The van der Waals surface area contributed by atoms with E-state index in [0.29, 0.717) is 13.1 Å². The van der Waals surface area contributed by atoms with Gasteiger partial charge in [-0.25, -0.2) is 9.18 Å². The van der Waals surface area contributed by atoms with Crippen molar-refractivity contribution in [2.45, 2.75) is 13.1 Å². The fraction of sp³-hybridized carbons (Fsp3) is 0.154. The van der Waals surface area contributed by atoms with E-state index in [9.17, 15) is 9.18 Å². The molecule has 0 atom stereocenters. The SMILES string of the molecule is O=C(NCc1cccc(F)c1)NCc1cccs1. The van der Waals surface area contributed by atoms with E-state index in [1.165, 1.54) is 12.1 Å². The normalized spacial score (nSPS) is 10.1. The highest BCUT2D eigenvalue weighted by molar-refractivity contribution is 7.09. The summed E-state index contributed by atoms with van der Waals surface area (Å²) >= 11 is 1.59. The zero-order chi connectivity index (χ0) is 12.8. The lowest BCUT2D eigenvalue weighted by Gasteiger charge is -2.06. The van der Waals surface area contributed by atoms with Gasteiger partial charge in [-0.1, -0.05) is 18.2 Å². The third-order valence-corrected chi connectivity index (χ3v) is 3.22. The van der Waals surface area contributed by atoms with Crippen LogP contribution in [0.2, 0.25) is 0 Å². The Morgan fingerprint density at radius 2 is 2.00 bits per heavy atom. The summed E-state index contributed by atoms with van der Waals surface area (Å²) in [5.74, 6) is -0.298. The highest BCUT2D eigenvalue weighted by Gasteiger charge is 2.01. The molecule has 0 aliphatic rings. The first kappa shape index (κ1) is 12.6. The number of carbonyl (C=O) groups excluding carboxylic acids is 1. The second kappa shape index (κ2) is 6.16. The lowest BCUT2D eigenvalue weighted by molar-refractivity contribution is 0.240. The molecule has 2 aromatic rings. The molecule has 0 aliphatic carbocycles. The number of halogens is 1. The van der Waals surface area contributed by atoms with Gasteiger partial charge in [0.2, 0.25) is 0 Å². The largest absolute Gasteiger partial charge is 0.334 e. The van der Waals surface area contributed by atoms with Crippen LogP contribution in [0.15, 0.2) is 41.8 Å². The number of rotatable bonds is 4. The zero-order valence-electron chi connectivity index (χ0n) is 9.65. The second-order valence-corrected chi connectivity index (χ2v) is 4.78. The van der Waals surface area contributed by atoms with Gasteiger partial charge in [0.15, 0.2) is 0 Å². The molecule has 0 bridgehead atoms. The maximum atomic E-state index is 12.9. The van der Waals surface area contributed by atoms with E-state index in [4.69, 9.17) is 0 Å². The van der Waals surface area contributed by atoms with E-state index in [2.05, 4.69) is 10.6 Å². The number of urea groups is 1. The Kier molecular flexibility index (Phi) is 4.30. The number of hydrogen-bond acceptors (Lipinski definition) is 2. The number of nitrogens with one attached hydrogen (secondary N) is 2. The maximum absolute atomic E-state index is 12.9. The van der Waals surface area contributed by atoms with Crippen LogP contribution in [0.1, 0.15) is 10.4 Å². The molecule has 1 aromatic carbocycles. The lowest BCUT2D eigenvalue weighted by atomic mass is 10.2. The standard InChI is InChI=1S/C13H13FN2OS/c14-11-4-1-3-10(7-11)8-15-13(17)16-9-12-5-2-6-18-12/h1-7H,8-9H2,(H2,15,16,17). The number of thiophene rings is 1. The molecule has 2 N–H and O–H groups in total. The van der Waals surface area contributed by atoms with Gasteiger partial charge in [-0.3, -0.25) is 0 Å². The van der Waals surface area contributed by atoms with E-state index in [0.717, 1.165) is 10.4 Å². The molecule has 0 aliphatic heterocycles. The van der Waals surface area contributed by atoms with Crippen molar-refractivity contribution in [1.82, 2.24) is 10.6 Å². The average Bonchev–Trinajstić information content (AvgIpc) is 2.87. The summed E-state index contributed by atoms with van der Waals surface area (Å²) in [6.45, 7) is 0.820. The van der Waals surface area contributed by atoms with Crippen LogP contribution in [0.25, 0.3) is 0 Å². The molecule has 3 nitrogen and oxygen atoms in total. The van der Waals surface area contributed by atoms with Crippen LogP contribution in [0, 0.1) is 5.82 Å². The topological polar surface area (TPSA) is 41.1 Å². The van der Waals surface area contributed by atoms with Crippen molar-refractivity contribution in [1.29, 1.82) is 0 Å². The summed E-state index contributed by atoms with van der Waals surface area (Å²) in [7, 11) is 0. The molecule has 1 heterocycles. The predicted octanol–water partition coefficient (Wildman–Crippen LogP) is 2.89. The minimum atomic E-state index is -0.298. The zero-order valence-corrected chi connectivity index (χ0v) is 10.5. The van der Waals surface area contributed by atoms with Gasteiger partial charge < -0.3 is 10.6 Å². The third-order valence-electron chi connectivity index (χ3n) is 2.35. The molecule has 94 valence electrons. The molecule has 0 fully saturated rings. The summed E-state index contributed by atoms with van der Waals surface area (Å²) in [6, 6.07) is 9.80. The second-order valence-electron chi connectivity index (χ2n) is 3.75. The molecule has 18 heavy (non-hydrogen) atoms. The van der Waals surface area contributed by atoms with E-state index >= 15 is 0 Å². The van der Waals surface area contributed by atoms with Crippen molar-refractivity contribution in [3.63, 3.8) is 0 Å². The fourth-order valence-corrected chi connectivity index (χ4v) is 2.12. The molecule has 2 amide bonds. The van der Waals surface area contributed by atoms with Gasteiger partial charge >= 0.3 is 6.03 Å².